The van der Waals surface area contributed by atoms with E-state index in [2.05, 4.69) is 0 Å². The number of carboxylic acid groups (broad SMARTS) is 1. The Balaban J connectivity index is 3.12. The molecule has 0 heterocycles. The molecule has 0 saturated carbocycles. The molecular weight excluding hydrogens is 232 g/mol. The number of aryl methyl sites for hydroxylation is 1. The number of rotatable bonds is 4. The molecule has 0 spiro atoms. The van der Waals surface area contributed by atoms with Crippen LogP contribution in [0.25, 0.3) is 0 Å². The van der Waals surface area contributed by atoms with Crippen LogP contribution in [-0.4, -0.2) is 25.7 Å². The Hall–Kier alpha value is -1.56. The van der Waals surface area contributed by atoms with Crippen molar-refractivity contribution >= 4 is 16.1 Å². The number of carboxylic acids is 1. The summed E-state index contributed by atoms with van der Waals surface area (Å²) in [7, 11) is -3.64. The summed E-state index contributed by atoms with van der Waals surface area (Å²) in [4.78, 5) is 10.6. The maximum atomic E-state index is 11.0. The van der Waals surface area contributed by atoms with Crippen molar-refractivity contribution in [3.8, 4) is 5.75 Å². The number of hydrogen-bond donors (Lipinski definition) is 1. The highest BCUT2D eigenvalue weighted by Crippen LogP contribution is 2.22. The summed E-state index contributed by atoms with van der Waals surface area (Å²) in [5.41, 5.74) is 1.19. The molecule has 0 saturated heterocycles. The summed E-state index contributed by atoms with van der Waals surface area (Å²) in [6.45, 7) is 1.79. The lowest BCUT2D eigenvalue weighted by Gasteiger charge is -2.08. The highest BCUT2D eigenvalue weighted by Gasteiger charge is 2.12. The van der Waals surface area contributed by atoms with Crippen molar-refractivity contribution in [1.29, 1.82) is 0 Å². The molecule has 1 N–H and O–H groups in total. The highest BCUT2D eigenvalue weighted by atomic mass is 32.2. The van der Waals surface area contributed by atoms with E-state index in [9.17, 15) is 13.2 Å². The summed E-state index contributed by atoms with van der Waals surface area (Å²) in [5, 5.41) is 8.68. The standard InChI is InChI=1S/C10H12O5S/c1-7-3-4-9(15-16(2,13)14)8(5-7)6-10(11)12/h3-5H,6H2,1-2H3,(H,11,12). The van der Waals surface area contributed by atoms with Gasteiger partial charge in [0, 0.05) is 5.56 Å². The van der Waals surface area contributed by atoms with Crippen LogP contribution in [0, 0.1) is 6.92 Å². The number of carbonyl (C=O) groups is 1. The first kappa shape index (κ1) is 12.5. The third-order valence-corrected chi connectivity index (χ3v) is 2.28. The van der Waals surface area contributed by atoms with E-state index in [1.165, 1.54) is 6.07 Å². The Morgan fingerprint density at radius 3 is 2.56 bits per heavy atom. The van der Waals surface area contributed by atoms with Crippen LogP contribution >= 0.6 is 0 Å². The number of hydrogen-bond acceptors (Lipinski definition) is 4. The van der Waals surface area contributed by atoms with Gasteiger partial charge in [0.15, 0.2) is 0 Å². The van der Waals surface area contributed by atoms with Gasteiger partial charge in [-0.3, -0.25) is 4.79 Å². The summed E-state index contributed by atoms with van der Waals surface area (Å²) >= 11 is 0. The van der Waals surface area contributed by atoms with E-state index < -0.39 is 16.1 Å². The zero-order chi connectivity index (χ0) is 12.3. The van der Waals surface area contributed by atoms with Crippen molar-refractivity contribution in [3.63, 3.8) is 0 Å². The van der Waals surface area contributed by atoms with Crippen molar-refractivity contribution < 1.29 is 22.5 Å². The van der Waals surface area contributed by atoms with Crippen molar-refractivity contribution in [2.45, 2.75) is 13.3 Å². The third-order valence-electron chi connectivity index (χ3n) is 1.80. The van der Waals surface area contributed by atoms with Gasteiger partial charge in [-0.05, 0) is 13.0 Å². The fourth-order valence-electron chi connectivity index (χ4n) is 1.25. The van der Waals surface area contributed by atoms with E-state index in [1.54, 1.807) is 19.1 Å². The van der Waals surface area contributed by atoms with Crippen LogP contribution in [0.15, 0.2) is 18.2 Å². The Bertz CT molecular complexity index is 504. The molecule has 0 bridgehead atoms. The first-order valence-corrected chi connectivity index (χ1v) is 6.30. The summed E-state index contributed by atoms with van der Waals surface area (Å²) < 4.78 is 26.6. The smallest absolute Gasteiger partial charge is 0.307 e. The average molecular weight is 244 g/mol. The van der Waals surface area contributed by atoms with Gasteiger partial charge < -0.3 is 9.29 Å². The van der Waals surface area contributed by atoms with Gasteiger partial charge in [0.05, 0.1) is 12.7 Å². The predicted octanol–water partition coefficient (Wildman–Crippen LogP) is 0.961. The molecule has 0 unspecified atom stereocenters. The Morgan fingerprint density at radius 1 is 1.44 bits per heavy atom. The topological polar surface area (TPSA) is 80.7 Å². The van der Waals surface area contributed by atoms with Crippen LogP contribution in [0.3, 0.4) is 0 Å². The number of benzene rings is 1. The lowest BCUT2D eigenvalue weighted by atomic mass is 10.1. The fourth-order valence-corrected chi connectivity index (χ4v) is 1.74. The Labute approximate surface area is 93.8 Å². The van der Waals surface area contributed by atoms with E-state index in [-0.39, 0.29) is 12.2 Å². The van der Waals surface area contributed by atoms with Crippen LogP contribution in [0.2, 0.25) is 0 Å². The van der Waals surface area contributed by atoms with Crippen LogP contribution in [0.1, 0.15) is 11.1 Å². The molecule has 0 atom stereocenters. The van der Waals surface area contributed by atoms with Crippen LogP contribution in [0.5, 0.6) is 5.75 Å². The molecule has 1 aromatic carbocycles. The van der Waals surface area contributed by atoms with Crippen LogP contribution in [-0.2, 0) is 21.3 Å². The summed E-state index contributed by atoms with van der Waals surface area (Å²) in [5.74, 6) is -0.973. The van der Waals surface area contributed by atoms with Gasteiger partial charge >= 0.3 is 16.1 Å². The predicted molar refractivity (Wildman–Crippen MR) is 58.0 cm³/mol. The maximum Gasteiger partial charge on any atom is 0.307 e. The highest BCUT2D eigenvalue weighted by molar-refractivity contribution is 7.86. The second kappa shape index (κ2) is 4.52. The van der Waals surface area contributed by atoms with E-state index in [4.69, 9.17) is 9.29 Å². The largest absolute Gasteiger partial charge is 0.481 e. The van der Waals surface area contributed by atoms with Crippen molar-refractivity contribution in [1.82, 2.24) is 0 Å². The lowest BCUT2D eigenvalue weighted by Crippen LogP contribution is -2.09. The quantitative estimate of drug-likeness (QED) is 0.798. The normalized spacial score (nSPS) is 11.1. The minimum Gasteiger partial charge on any atom is -0.481 e. The molecule has 0 aromatic heterocycles. The SMILES string of the molecule is Cc1ccc(OS(C)(=O)=O)c(CC(=O)O)c1. The zero-order valence-electron chi connectivity index (χ0n) is 8.93. The molecular formula is C10H12O5S. The van der Waals surface area contributed by atoms with E-state index in [0.29, 0.717) is 5.56 Å². The molecule has 0 aliphatic heterocycles. The van der Waals surface area contributed by atoms with E-state index >= 15 is 0 Å². The molecule has 88 valence electrons. The van der Waals surface area contributed by atoms with Gasteiger partial charge in [-0.15, -0.1) is 0 Å². The van der Waals surface area contributed by atoms with Gasteiger partial charge in [-0.2, -0.15) is 8.42 Å². The van der Waals surface area contributed by atoms with Gasteiger partial charge in [-0.25, -0.2) is 0 Å². The second-order valence-corrected chi connectivity index (χ2v) is 5.04. The van der Waals surface area contributed by atoms with Crippen molar-refractivity contribution in [2.75, 3.05) is 6.26 Å². The van der Waals surface area contributed by atoms with E-state index in [1.807, 2.05) is 0 Å². The summed E-state index contributed by atoms with van der Waals surface area (Å²) in [6, 6.07) is 4.70. The van der Waals surface area contributed by atoms with E-state index in [0.717, 1.165) is 11.8 Å². The molecule has 5 nitrogen and oxygen atoms in total. The van der Waals surface area contributed by atoms with Gasteiger partial charge in [0.1, 0.15) is 5.75 Å². The van der Waals surface area contributed by atoms with Gasteiger partial charge in [0.25, 0.3) is 0 Å². The monoisotopic (exact) mass is 244 g/mol. The summed E-state index contributed by atoms with van der Waals surface area (Å²) in [6.07, 6.45) is 0.643. The average Bonchev–Trinajstić information content (AvgIpc) is 2.06. The number of aliphatic carboxylic acids is 1. The second-order valence-electron chi connectivity index (χ2n) is 3.47. The van der Waals surface area contributed by atoms with Gasteiger partial charge in [0.2, 0.25) is 0 Å². The van der Waals surface area contributed by atoms with Crippen molar-refractivity contribution in [2.24, 2.45) is 0 Å². The molecule has 1 rings (SSSR count). The Morgan fingerprint density at radius 2 is 2.06 bits per heavy atom. The molecule has 0 radical (unpaired) electrons. The molecule has 16 heavy (non-hydrogen) atoms. The molecule has 6 heteroatoms. The minimum atomic E-state index is -3.64. The van der Waals surface area contributed by atoms with Crippen LogP contribution < -0.4 is 4.18 Å². The van der Waals surface area contributed by atoms with Gasteiger partial charge in [-0.1, -0.05) is 17.7 Å². The van der Waals surface area contributed by atoms with Crippen LogP contribution in [0.4, 0.5) is 0 Å². The molecule has 0 aliphatic rings. The lowest BCUT2D eigenvalue weighted by molar-refractivity contribution is -0.136. The molecule has 0 aliphatic carbocycles. The molecule has 0 fully saturated rings. The van der Waals surface area contributed by atoms with Crippen molar-refractivity contribution in [3.05, 3.63) is 29.3 Å². The third kappa shape index (κ3) is 3.90. The Kier molecular flexibility index (Phi) is 3.54. The fraction of sp³-hybridized carbons (Fsp3) is 0.300. The first-order valence-electron chi connectivity index (χ1n) is 4.49. The first-order chi connectivity index (χ1) is 7.28. The minimum absolute atomic E-state index is 0.0653. The molecule has 0 amide bonds. The maximum absolute atomic E-state index is 11.0. The zero-order valence-corrected chi connectivity index (χ0v) is 9.74. The molecule has 1 aromatic rings.